The lowest BCUT2D eigenvalue weighted by Crippen LogP contribution is -2.55. The van der Waals surface area contributed by atoms with E-state index < -0.39 is 11.2 Å². The lowest BCUT2D eigenvalue weighted by atomic mass is 10.0. The molecule has 1 aliphatic rings. The first kappa shape index (κ1) is 12.8. The molecule has 3 nitrogen and oxygen atoms in total. The first-order valence-electron chi connectivity index (χ1n) is 5.24. The number of halogens is 1. The Balaban J connectivity index is 3.26. The van der Waals surface area contributed by atoms with Gasteiger partial charge < -0.3 is 4.90 Å². The van der Waals surface area contributed by atoms with Gasteiger partial charge >= 0.3 is 0 Å². The van der Waals surface area contributed by atoms with Gasteiger partial charge in [0.25, 0.3) is 0 Å². The van der Waals surface area contributed by atoms with E-state index in [1.807, 2.05) is 53.4 Å². The van der Waals surface area contributed by atoms with Gasteiger partial charge in [0.1, 0.15) is 11.2 Å². The Morgan fingerprint density at radius 3 is 1.67 bits per heavy atom. The van der Waals surface area contributed by atoms with Crippen LogP contribution in [0.2, 0.25) is 0 Å². The molecule has 0 aromatic heterocycles. The van der Waals surface area contributed by atoms with E-state index >= 15 is 0 Å². The average Bonchev–Trinajstić information content (AvgIpc) is 2.09. The Morgan fingerprint density at radius 2 is 1.53 bits per heavy atom. The van der Waals surface area contributed by atoms with Crippen LogP contribution >= 0.6 is 11.8 Å². The molecular formula is C11H21ClN2O. The summed E-state index contributed by atoms with van der Waals surface area (Å²) in [7, 11) is 0. The molecule has 0 bridgehead atoms. The number of carbonyl (C=O) groups excluding carboxylic acids is 1. The second-order valence-electron chi connectivity index (χ2n) is 6.15. The molecule has 0 aliphatic carbocycles. The molecule has 0 N–H and O–H groups in total. The molecule has 1 amide bonds. The van der Waals surface area contributed by atoms with Crippen molar-refractivity contribution >= 4 is 17.7 Å². The molecule has 0 aromatic rings. The number of hydrogen-bond donors (Lipinski definition) is 0. The van der Waals surface area contributed by atoms with Crippen molar-refractivity contribution in [1.29, 1.82) is 0 Å². The highest BCUT2D eigenvalue weighted by molar-refractivity contribution is 6.17. The van der Waals surface area contributed by atoms with Crippen molar-refractivity contribution in [2.45, 2.75) is 65.2 Å². The Kier molecular flexibility index (Phi) is 2.65. The largest absolute Gasteiger partial charge is 0.317 e. The predicted molar refractivity (Wildman–Crippen MR) is 62.4 cm³/mol. The average molecular weight is 233 g/mol. The van der Waals surface area contributed by atoms with Crippen molar-refractivity contribution in [1.82, 2.24) is 9.32 Å². The van der Waals surface area contributed by atoms with Gasteiger partial charge in [0.15, 0.2) is 0 Å². The lowest BCUT2D eigenvalue weighted by molar-refractivity contribution is -0.139. The fraction of sp³-hybridized carbons (Fsp3) is 0.909. The predicted octanol–water partition coefficient (Wildman–Crippen LogP) is 2.60. The second kappa shape index (κ2) is 3.11. The van der Waals surface area contributed by atoms with Gasteiger partial charge in [0, 0.05) is 5.54 Å². The van der Waals surface area contributed by atoms with Crippen LogP contribution in [-0.2, 0) is 4.79 Å². The summed E-state index contributed by atoms with van der Waals surface area (Å²) in [5.41, 5.74) is -1.32. The minimum absolute atomic E-state index is 0.0787. The standard InChI is InChI=1S/C11H21ClN2O/c1-9(2,3)13-8(15)10(4,5)14(12)11(13,6)7/h1-7H3. The van der Waals surface area contributed by atoms with Gasteiger partial charge in [-0.05, 0) is 60.2 Å². The molecule has 0 spiro atoms. The van der Waals surface area contributed by atoms with Crippen LogP contribution in [0.5, 0.6) is 0 Å². The Bertz CT molecular complexity index is 291. The first-order valence-corrected chi connectivity index (χ1v) is 5.58. The molecule has 15 heavy (non-hydrogen) atoms. The summed E-state index contributed by atoms with van der Waals surface area (Å²) in [5.74, 6) is 0.0787. The molecule has 1 fully saturated rings. The van der Waals surface area contributed by atoms with Crippen molar-refractivity contribution in [2.75, 3.05) is 0 Å². The number of nitrogens with zero attached hydrogens (tertiary/aromatic N) is 2. The highest BCUT2D eigenvalue weighted by Gasteiger charge is 2.58. The van der Waals surface area contributed by atoms with Crippen molar-refractivity contribution in [3.05, 3.63) is 0 Å². The van der Waals surface area contributed by atoms with Gasteiger partial charge in [-0.1, -0.05) is 0 Å². The van der Waals surface area contributed by atoms with Crippen LogP contribution < -0.4 is 0 Å². The molecular weight excluding hydrogens is 212 g/mol. The van der Waals surface area contributed by atoms with Crippen molar-refractivity contribution in [2.24, 2.45) is 0 Å². The van der Waals surface area contributed by atoms with Gasteiger partial charge in [-0.15, -0.1) is 0 Å². The van der Waals surface area contributed by atoms with E-state index in [2.05, 4.69) is 0 Å². The zero-order valence-electron chi connectivity index (χ0n) is 10.7. The Labute approximate surface area is 97.5 Å². The summed E-state index contributed by atoms with van der Waals surface area (Å²) in [4.78, 5) is 14.2. The van der Waals surface area contributed by atoms with Gasteiger partial charge in [-0.2, -0.15) is 4.42 Å². The van der Waals surface area contributed by atoms with Gasteiger partial charge in [-0.25, -0.2) is 0 Å². The molecule has 1 aliphatic heterocycles. The number of carbonyl (C=O) groups is 1. The third kappa shape index (κ3) is 1.66. The van der Waals surface area contributed by atoms with Gasteiger partial charge in [0.2, 0.25) is 5.91 Å². The highest BCUT2D eigenvalue weighted by Crippen LogP contribution is 2.43. The smallest absolute Gasteiger partial charge is 0.245 e. The summed E-state index contributed by atoms with van der Waals surface area (Å²) < 4.78 is 1.62. The normalized spacial score (nSPS) is 26.1. The SMILES string of the molecule is CC(C)(C)N1C(=O)C(C)(C)N(Cl)C1(C)C. The molecule has 1 saturated heterocycles. The van der Waals surface area contributed by atoms with Crippen molar-refractivity contribution in [3.63, 3.8) is 0 Å². The molecule has 0 saturated carbocycles. The van der Waals surface area contributed by atoms with Crippen LogP contribution in [0, 0.1) is 0 Å². The number of rotatable bonds is 0. The molecule has 0 unspecified atom stereocenters. The molecule has 1 rings (SSSR count). The Morgan fingerprint density at radius 1 is 1.13 bits per heavy atom. The molecule has 0 radical (unpaired) electrons. The van der Waals surface area contributed by atoms with E-state index in [4.69, 9.17) is 11.8 Å². The van der Waals surface area contributed by atoms with Crippen molar-refractivity contribution in [3.8, 4) is 0 Å². The zero-order valence-corrected chi connectivity index (χ0v) is 11.4. The van der Waals surface area contributed by atoms with Crippen LogP contribution in [0.4, 0.5) is 0 Å². The molecule has 4 heteroatoms. The monoisotopic (exact) mass is 232 g/mol. The Hall–Kier alpha value is -0.280. The topological polar surface area (TPSA) is 23.6 Å². The lowest BCUT2D eigenvalue weighted by Gasteiger charge is -2.43. The van der Waals surface area contributed by atoms with E-state index in [1.54, 1.807) is 4.42 Å². The fourth-order valence-electron chi connectivity index (χ4n) is 2.50. The number of hydrogen-bond acceptors (Lipinski definition) is 2. The first-order chi connectivity index (χ1) is 6.43. The molecule has 1 heterocycles. The summed E-state index contributed by atoms with van der Waals surface area (Å²) in [6.45, 7) is 13.7. The minimum Gasteiger partial charge on any atom is -0.317 e. The van der Waals surface area contributed by atoms with Crippen LogP contribution in [0.3, 0.4) is 0 Å². The highest BCUT2D eigenvalue weighted by atomic mass is 35.5. The van der Waals surface area contributed by atoms with Gasteiger partial charge in [-0.3, -0.25) is 4.79 Å². The van der Waals surface area contributed by atoms with E-state index in [0.29, 0.717) is 0 Å². The van der Waals surface area contributed by atoms with Crippen LogP contribution in [0.25, 0.3) is 0 Å². The van der Waals surface area contributed by atoms with Crippen LogP contribution in [0.1, 0.15) is 48.5 Å². The van der Waals surface area contributed by atoms with Crippen LogP contribution in [-0.4, -0.2) is 32.0 Å². The molecule has 88 valence electrons. The fourth-order valence-corrected chi connectivity index (χ4v) is 2.65. The third-order valence-electron chi connectivity index (χ3n) is 2.92. The van der Waals surface area contributed by atoms with E-state index in [9.17, 15) is 4.79 Å². The minimum atomic E-state index is -0.641. The summed E-state index contributed by atoms with van der Waals surface area (Å²) in [6.07, 6.45) is 0. The van der Waals surface area contributed by atoms with Crippen molar-refractivity contribution < 1.29 is 4.79 Å². The van der Waals surface area contributed by atoms with Gasteiger partial charge in [0.05, 0.1) is 0 Å². The maximum Gasteiger partial charge on any atom is 0.245 e. The summed E-state index contributed by atoms with van der Waals surface area (Å²) in [6, 6.07) is 0. The zero-order chi connectivity index (χ0) is 12.2. The third-order valence-corrected chi connectivity index (χ3v) is 3.75. The van der Waals surface area contributed by atoms with E-state index in [-0.39, 0.29) is 11.4 Å². The van der Waals surface area contributed by atoms with E-state index in [0.717, 1.165) is 0 Å². The maximum atomic E-state index is 12.3. The van der Waals surface area contributed by atoms with E-state index in [1.165, 1.54) is 0 Å². The maximum absolute atomic E-state index is 12.3. The summed E-state index contributed by atoms with van der Waals surface area (Å²) >= 11 is 6.26. The molecule has 0 atom stereocenters. The molecule has 0 aromatic carbocycles. The second-order valence-corrected chi connectivity index (χ2v) is 6.48. The number of amides is 1. The quantitative estimate of drug-likeness (QED) is 0.600. The van der Waals surface area contributed by atoms with Crippen LogP contribution in [0.15, 0.2) is 0 Å². The summed E-state index contributed by atoms with van der Waals surface area (Å²) in [5, 5.41) is 0.